The summed E-state index contributed by atoms with van der Waals surface area (Å²) in [6, 6.07) is 5.87. The van der Waals surface area contributed by atoms with Crippen LogP contribution < -0.4 is 0 Å². The van der Waals surface area contributed by atoms with Gasteiger partial charge in [0.05, 0.1) is 0 Å². The van der Waals surface area contributed by atoms with E-state index in [0.29, 0.717) is 12.0 Å². The number of fused-ring (bicyclic) bond motifs is 1. The summed E-state index contributed by atoms with van der Waals surface area (Å²) in [4.78, 5) is 24.4. The number of rotatable bonds is 5. The van der Waals surface area contributed by atoms with E-state index in [4.69, 9.17) is 0 Å². The summed E-state index contributed by atoms with van der Waals surface area (Å²) in [6.45, 7) is 0. The van der Waals surface area contributed by atoms with Gasteiger partial charge in [0.2, 0.25) is 0 Å². The number of benzene rings is 1. The Kier molecular flexibility index (Phi) is 4.85. The molecule has 0 aliphatic heterocycles. The topological polar surface area (TPSA) is 34.1 Å². The molecule has 2 aliphatic rings. The molecule has 0 saturated carbocycles. The zero-order valence-corrected chi connectivity index (χ0v) is 13.2. The van der Waals surface area contributed by atoms with Crippen molar-refractivity contribution in [1.29, 1.82) is 0 Å². The van der Waals surface area contributed by atoms with Gasteiger partial charge in [-0.3, -0.25) is 9.59 Å². The lowest BCUT2D eigenvalue weighted by Gasteiger charge is -2.16. The van der Waals surface area contributed by atoms with Crippen molar-refractivity contribution >= 4 is 11.6 Å². The van der Waals surface area contributed by atoms with Crippen LogP contribution in [0, 0.1) is 0 Å². The molecule has 0 radical (unpaired) electrons. The van der Waals surface area contributed by atoms with Gasteiger partial charge < -0.3 is 0 Å². The first-order valence-electron chi connectivity index (χ1n) is 8.38. The number of hydrogen-bond acceptors (Lipinski definition) is 2. The van der Waals surface area contributed by atoms with Crippen LogP contribution in [0.5, 0.6) is 0 Å². The van der Waals surface area contributed by atoms with Gasteiger partial charge in [-0.25, -0.2) is 4.39 Å². The van der Waals surface area contributed by atoms with Gasteiger partial charge in [-0.1, -0.05) is 24.3 Å². The van der Waals surface area contributed by atoms with Gasteiger partial charge in [-0.2, -0.15) is 0 Å². The summed E-state index contributed by atoms with van der Waals surface area (Å²) in [6.07, 6.45) is 8.98. The Morgan fingerprint density at radius 3 is 2.48 bits per heavy atom. The molecule has 0 saturated heterocycles. The summed E-state index contributed by atoms with van der Waals surface area (Å²) >= 11 is 0. The molecule has 0 unspecified atom stereocenters. The van der Waals surface area contributed by atoms with Crippen LogP contribution in [-0.4, -0.2) is 11.6 Å². The van der Waals surface area contributed by atoms with Crippen molar-refractivity contribution in [2.75, 3.05) is 0 Å². The summed E-state index contributed by atoms with van der Waals surface area (Å²) in [5, 5.41) is 0. The van der Waals surface area contributed by atoms with Gasteiger partial charge in [-0.15, -0.1) is 0 Å². The van der Waals surface area contributed by atoms with E-state index >= 15 is 0 Å². The fraction of sp³-hybridized carbons (Fsp3) is 0.400. The lowest BCUT2D eigenvalue weighted by molar-refractivity contribution is -0.115. The van der Waals surface area contributed by atoms with Crippen molar-refractivity contribution < 1.29 is 14.0 Å². The fourth-order valence-corrected chi connectivity index (χ4v) is 3.29. The second kappa shape index (κ2) is 7.03. The second-order valence-corrected chi connectivity index (χ2v) is 6.30. The van der Waals surface area contributed by atoms with E-state index in [0.717, 1.165) is 12.8 Å². The van der Waals surface area contributed by atoms with Crippen LogP contribution in [0.3, 0.4) is 0 Å². The number of halogens is 1. The summed E-state index contributed by atoms with van der Waals surface area (Å²) in [7, 11) is 0. The van der Waals surface area contributed by atoms with Crippen LogP contribution in [0.25, 0.3) is 0 Å². The van der Waals surface area contributed by atoms with Gasteiger partial charge in [0, 0.05) is 30.4 Å². The van der Waals surface area contributed by atoms with E-state index in [1.807, 2.05) is 24.3 Å². The highest BCUT2D eigenvalue weighted by atomic mass is 19.1. The molecule has 3 rings (SSSR count). The number of carbonyl (C=O) groups excluding carboxylic acids is 2. The predicted molar refractivity (Wildman–Crippen MR) is 88.2 cm³/mol. The van der Waals surface area contributed by atoms with Crippen LogP contribution in [0.15, 0.2) is 41.8 Å². The van der Waals surface area contributed by atoms with Crippen molar-refractivity contribution in [1.82, 2.24) is 0 Å². The minimum atomic E-state index is -0.348. The summed E-state index contributed by atoms with van der Waals surface area (Å²) < 4.78 is 13.7. The average molecular weight is 312 g/mol. The van der Waals surface area contributed by atoms with E-state index < -0.39 is 0 Å². The molecule has 0 aromatic heterocycles. The Morgan fingerprint density at radius 1 is 0.957 bits per heavy atom. The van der Waals surface area contributed by atoms with Gasteiger partial charge >= 0.3 is 0 Å². The Balaban J connectivity index is 1.63. The number of Topliss-reactive ketones (excluding diaryl/α,β-unsaturated/α-hetero) is 2. The molecule has 1 aromatic rings. The van der Waals surface area contributed by atoms with Crippen molar-refractivity contribution in [3.63, 3.8) is 0 Å². The van der Waals surface area contributed by atoms with E-state index in [-0.39, 0.29) is 42.2 Å². The first kappa shape index (κ1) is 15.9. The molecule has 120 valence electrons. The molecule has 3 heteroatoms. The lowest BCUT2D eigenvalue weighted by atomic mass is 9.89. The van der Waals surface area contributed by atoms with Gasteiger partial charge in [0.25, 0.3) is 0 Å². The molecule has 0 fully saturated rings. The lowest BCUT2D eigenvalue weighted by Crippen LogP contribution is -2.10. The standard InChI is InChI=1S/C20H21FO2/c21-18-8-4-3-7-17(18)20(23)12-11-19(22)16-10-9-14-5-1-2-6-15(14)13-16/h3,7,9-10,13H,1-2,4-6,8,11-12H2. The van der Waals surface area contributed by atoms with Crippen molar-refractivity contribution in [3.8, 4) is 0 Å². The van der Waals surface area contributed by atoms with Crippen molar-refractivity contribution in [2.24, 2.45) is 0 Å². The fourth-order valence-electron chi connectivity index (χ4n) is 3.29. The third-order valence-corrected chi connectivity index (χ3v) is 4.66. The molecule has 0 heterocycles. The van der Waals surface area contributed by atoms with Crippen LogP contribution in [0.1, 0.15) is 60.0 Å². The third-order valence-electron chi connectivity index (χ3n) is 4.66. The first-order chi connectivity index (χ1) is 11.1. The smallest absolute Gasteiger partial charge is 0.165 e. The third kappa shape index (κ3) is 3.66. The Hall–Kier alpha value is -2.03. The molecule has 0 amide bonds. The Bertz CT molecular complexity index is 698. The molecule has 0 bridgehead atoms. The van der Waals surface area contributed by atoms with Gasteiger partial charge in [0.15, 0.2) is 11.6 Å². The predicted octanol–water partition coefficient (Wildman–Crippen LogP) is 4.67. The number of ketones is 2. The molecule has 0 spiro atoms. The highest BCUT2D eigenvalue weighted by Crippen LogP contribution is 2.24. The molecule has 23 heavy (non-hydrogen) atoms. The van der Waals surface area contributed by atoms with E-state index in [9.17, 15) is 14.0 Å². The van der Waals surface area contributed by atoms with Crippen LogP contribution in [-0.2, 0) is 17.6 Å². The van der Waals surface area contributed by atoms with Gasteiger partial charge in [-0.05, 0) is 49.3 Å². The van der Waals surface area contributed by atoms with Crippen molar-refractivity contribution in [2.45, 2.75) is 51.4 Å². The first-order valence-corrected chi connectivity index (χ1v) is 8.38. The Labute approximate surface area is 136 Å². The highest BCUT2D eigenvalue weighted by Gasteiger charge is 2.18. The molecule has 2 nitrogen and oxygen atoms in total. The highest BCUT2D eigenvalue weighted by molar-refractivity contribution is 6.03. The zero-order valence-electron chi connectivity index (χ0n) is 13.2. The van der Waals surface area contributed by atoms with Crippen LogP contribution >= 0.6 is 0 Å². The molecular formula is C20H21FO2. The summed E-state index contributed by atoms with van der Waals surface area (Å²) in [5.41, 5.74) is 3.42. The number of allylic oxidation sites excluding steroid dienone is 4. The minimum absolute atomic E-state index is 0.0347. The van der Waals surface area contributed by atoms with Crippen LogP contribution in [0.4, 0.5) is 4.39 Å². The molecule has 0 N–H and O–H groups in total. The van der Waals surface area contributed by atoms with Gasteiger partial charge in [0.1, 0.15) is 5.83 Å². The Morgan fingerprint density at radius 2 is 1.70 bits per heavy atom. The summed E-state index contributed by atoms with van der Waals surface area (Å²) in [5.74, 6) is -0.656. The molecule has 2 aliphatic carbocycles. The molecule has 0 atom stereocenters. The van der Waals surface area contributed by atoms with Crippen molar-refractivity contribution in [3.05, 3.63) is 58.4 Å². The SMILES string of the molecule is O=C(CCC(=O)c1ccc2c(c1)CCCC2)C1=C(F)CCC=C1. The average Bonchev–Trinajstić information content (AvgIpc) is 2.59. The second-order valence-electron chi connectivity index (χ2n) is 6.30. The zero-order chi connectivity index (χ0) is 16.2. The largest absolute Gasteiger partial charge is 0.294 e. The van der Waals surface area contributed by atoms with E-state index in [2.05, 4.69) is 0 Å². The molecular weight excluding hydrogens is 291 g/mol. The minimum Gasteiger partial charge on any atom is -0.294 e. The monoisotopic (exact) mass is 312 g/mol. The van der Waals surface area contributed by atoms with E-state index in [1.54, 1.807) is 6.08 Å². The number of aryl methyl sites for hydroxylation is 2. The number of carbonyl (C=O) groups is 2. The molecule has 1 aromatic carbocycles. The normalized spacial score (nSPS) is 17.1. The van der Waals surface area contributed by atoms with Crippen LogP contribution in [0.2, 0.25) is 0 Å². The quantitative estimate of drug-likeness (QED) is 0.740. The number of hydrogen-bond donors (Lipinski definition) is 0. The maximum absolute atomic E-state index is 13.7. The maximum Gasteiger partial charge on any atom is 0.165 e. The maximum atomic E-state index is 13.7. The van der Waals surface area contributed by atoms with E-state index in [1.165, 1.54) is 24.0 Å².